The fraction of sp³-hybridized carbons (Fsp3) is 0.125. The molecule has 0 fully saturated rings. The Bertz CT molecular complexity index is 1600. The maximum absolute atomic E-state index is 12.7. The Morgan fingerprint density at radius 1 is 0.805 bits per heavy atom. The van der Waals surface area contributed by atoms with Gasteiger partial charge >= 0.3 is 0 Å². The van der Waals surface area contributed by atoms with Crippen molar-refractivity contribution in [1.82, 2.24) is 0 Å². The van der Waals surface area contributed by atoms with Crippen molar-refractivity contribution in [1.29, 1.82) is 5.26 Å². The lowest BCUT2D eigenvalue weighted by atomic mass is 10.1. The summed E-state index contributed by atoms with van der Waals surface area (Å²) in [5.41, 5.74) is 2.60. The van der Waals surface area contributed by atoms with Crippen LogP contribution in [-0.4, -0.2) is 20.1 Å². The first-order valence-corrected chi connectivity index (χ1v) is 13.2. The highest BCUT2D eigenvalue weighted by Gasteiger charge is 2.16. The first-order valence-electron chi connectivity index (χ1n) is 12.4. The molecule has 4 aromatic rings. The molecule has 9 heteroatoms. The van der Waals surface area contributed by atoms with E-state index in [2.05, 4.69) is 5.32 Å². The van der Waals surface area contributed by atoms with Gasteiger partial charge in [0.15, 0.2) is 23.0 Å². The van der Waals surface area contributed by atoms with E-state index in [4.69, 9.17) is 42.1 Å². The van der Waals surface area contributed by atoms with Gasteiger partial charge in [-0.2, -0.15) is 5.26 Å². The molecule has 4 aromatic carbocycles. The maximum atomic E-state index is 12.7. The molecule has 0 aliphatic rings. The fourth-order valence-electron chi connectivity index (χ4n) is 3.84. The zero-order chi connectivity index (χ0) is 29.2. The predicted octanol–water partition coefficient (Wildman–Crippen LogP) is 7.71. The van der Waals surface area contributed by atoms with Crippen LogP contribution in [-0.2, 0) is 18.0 Å². The van der Waals surface area contributed by atoms with E-state index in [1.165, 1.54) is 13.2 Å². The number of carbonyl (C=O) groups is 1. The summed E-state index contributed by atoms with van der Waals surface area (Å²) in [6.07, 6.45) is 1.41. The quantitative estimate of drug-likeness (QED) is 0.142. The third-order valence-electron chi connectivity index (χ3n) is 5.90. The van der Waals surface area contributed by atoms with Gasteiger partial charge in [0, 0.05) is 0 Å². The topological polar surface area (TPSA) is 89.8 Å². The summed E-state index contributed by atoms with van der Waals surface area (Å²) in [4.78, 5) is 12.7. The average molecular weight is 589 g/mol. The molecule has 0 radical (unpaired) electrons. The molecule has 0 saturated heterocycles. The smallest absolute Gasteiger partial charge is 0.266 e. The molecule has 0 aromatic heterocycles. The molecule has 4 rings (SSSR count). The van der Waals surface area contributed by atoms with Crippen LogP contribution in [0.5, 0.6) is 23.0 Å². The van der Waals surface area contributed by atoms with Gasteiger partial charge in [0.05, 0.1) is 30.0 Å². The normalized spacial score (nSPS) is 10.9. The first kappa shape index (κ1) is 29.3. The van der Waals surface area contributed by atoms with E-state index in [0.717, 1.165) is 11.1 Å². The van der Waals surface area contributed by atoms with Crippen LogP contribution < -0.4 is 24.3 Å². The van der Waals surface area contributed by atoms with Crippen LogP contribution in [0.15, 0.2) is 90.5 Å². The Balaban J connectivity index is 1.47. The van der Waals surface area contributed by atoms with Gasteiger partial charge in [-0.25, -0.2) is 0 Å². The number of anilines is 1. The van der Waals surface area contributed by atoms with Crippen LogP contribution in [0, 0.1) is 11.3 Å². The summed E-state index contributed by atoms with van der Waals surface area (Å²) in [6.45, 7) is 0.583. The van der Waals surface area contributed by atoms with Crippen molar-refractivity contribution in [2.75, 3.05) is 19.5 Å². The number of carbonyl (C=O) groups excluding carboxylic acids is 1. The number of hydrogen-bond acceptors (Lipinski definition) is 6. The molecule has 1 N–H and O–H groups in total. The Morgan fingerprint density at radius 2 is 1.51 bits per heavy atom. The van der Waals surface area contributed by atoms with Crippen molar-refractivity contribution < 1.29 is 23.7 Å². The van der Waals surface area contributed by atoms with E-state index in [9.17, 15) is 10.1 Å². The molecule has 208 valence electrons. The molecule has 0 bridgehead atoms. The summed E-state index contributed by atoms with van der Waals surface area (Å²) < 4.78 is 22.9. The summed E-state index contributed by atoms with van der Waals surface area (Å²) >= 11 is 12.7. The number of nitrogens with zero attached hydrogens (tertiary/aromatic N) is 1. The lowest BCUT2D eigenvalue weighted by Gasteiger charge is -2.15. The number of ether oxygens (including phenoxy) is 4. The number of amides is 1. The van der Waals surface area contributed by atoms with Crippen molar-refractivity contribution in [3.8, 4) is 29.1 Å². The molecular weight excluding hydrogens is 563 g/mol. The van der Waals surface area contributed by atoms with E-state index in [1.807, 2.05) is 54.6 Å². The highest BCUT2D eigenvalue weighted by atomic mass is 35.5. The molecule has 1 amide bonds. The van der Waals surface area contributed by atoms with Gasteiger partial charge in [0.2, 0.25) is 0 Å². The molecule has 0 heterocycles. The molecule has 41 heavy (non-hydrogen) atoms. The summed E-state index contributed by atoms with van der Waals surface area (Å²) in [5, 5.41) is 12.8. The standard InChI is InChI=1S/C32H26Cl2N2O5/c1-38-29-16-22(12-13-28(29)40-19-21-8-4-3-5-9-21)20-41-31-26(34)15-23(17-30(31)39-2)14-24(18-35)32(37)36-27-11-7-6-10-25(27)33/h3-17H,19-20H2,1-2H3,(H,36,37)/b24-14+. The van der Waals surface area contributed by atoms with Crippen molar-refractivity contribution >= 4 is 40.9 Å². The molecule has 7 nitrogen and oxygen atoms in total. The minimum atomic E-state index is -0.610. The maximum Gasteiger partial charge on any atom is 0.266 e. The Labute approximate surface area is 248 Å². The second-order valence-electron chi connectivity index (χ2n) is 8.69. The molecule has 0 spiro atoms. The molecule has 0 saturated carbocycles. The number of benzene rings is 4. The highest BCUT2D eigenvalue weighted by Crippen LogP contribution is 2.38. The second-order valence-corrected chi connectivity index (χ2v) is 9.50. The first-order chi connectivity index (χ1) is 19.9. The van der Waals surface area contributed by atoms with Gasteiger partial charge < -0.3 is 24.3 Å². The number of nitrogens with one attached hydrogen (secondary N) is 1. The summed E-state index contributed by atoms with van der Waals surface area (Å²) in [6, 6.07) is 27.2. The summed E-state index contributed by atoms with van der Waals surface area (Å²) in [5.74, 6) is 1.22. The molecule has 0 unspecified atom stereocenters. The molecule has 0 atom stereocenters. The molecule has 0 aliphatic carbocycles. The van der Waals surface area contributed by atoms with E-state index in [-0.39, 0.29) is 17.2 Å². The van der Waals surface area contributed by atoms with Gasteiger partial charge in [0.1, 0.15) is 24.9 Å². The fourth-order valence-corrected chi connectivity index (χ4v) is 4.30. The van der Waals surface area contributed by atoms with Gasteiger partial charge in [-0.1, -0.05) is 71.7 Å². The largest absolute Gasteiger partial charge is 0.493 e. The number of para-hydroxylation sites is 1. The zero-order valence-electron chi connectivity index (χ0n) is 22.3. The van der Waals surface area contributed by atoms with Crippen molar-refractivity contribution in [2.24, 2.45) is 0 Å². The molecular formula is C32H26Cl2N2O5. The van der Waals surface area contributed by atoms with Gasteiger partial charge in [-0.3, -0.25) is 4.79 Å². The number of hydrogen-bond donors (Lipinski definition) is 1. The Hall–Kier alpha value is -4.64. The Morgan fingerprint density at radius 3 is 2.22 bits per heavy atom. The zero-order valence-corrected chi connectivity index (χ0v) is 23.8. The number of rotatable bonds is 11. The Kier molecular flexibility index (Phi) is 10.1. The van der Waals surface area contributed by atoms with Crippen LogP contribution in [0.25, 0.3) is 6.08 Å². The van der Waals surface area contributed by atoms with Gasteiger partial charge in [-0.15, -0.1) is 0 Å². The van der Waals surface area contributed by atoms with Crippen LogP contribution in [0.1, 0.15) is 16.7 Å². The predicted molar refractivity (Wildman–Crippen MR) is 160 cm³/mol. The lowest BCUT2D eigenvalue weighted by molar-refractivity contribution is -0.112. The van der Waals surface area contributed by atoms with E-state index < -0.39 is 5.91 Å². The van der Waals surface area contributed by atoms with Crippen molar-refractivity contribution in [3.05, 3.63) is 117 Å². The van der Waals surface area contributed by atoms with Crippen LogP contribution in [0.2, 0.25) is 10.0 Å². The number of methoxy groups -OCH3 is 2. The summed E-state index contributed by atoms with van der Waals surface area (Å²) in [7, 11) is 3.05. The third-order valence-corrected chi connectivity index (χ3v) is 6.51. The molecule has 0 aliphatic heterocycles. The van der Waals surface area contributed by atoms with E-state index in [0.29, 0.717) is 45.9 Å². The minimum Gasteiger partial charge on any atom is -0.493 e. The lowest BCUT2D eigenvalue weighted by Crippen LogP contribution is -2.13. The van der Waals surface area contributed by atoms with E-state index in [1.54, 1.807) is 43.5 Å². The highest BCUT2D eigenvalue weighted by molar-refractivity contribution is 6.34. The van der Waals surface area contributed by atoms with Gasteiger partial charge in [-0.05, 0) is 59.2 Å². The van der Waals surface area contributed by atoms with Crippen LogP contribution in [0.4, 0.5) is 5.69 Å². The number of halogens is 2. The van der Waals surface area contributed by atoms with Crippen LogP contribution in [0.3, 0.4) is 0 Å². The second kappa shape index (κ2) is 14.1. The van der Waals surface area contributed by atoms with Crippen molar-refractivity contribution in [2.45, 2.75) is 13.2 Å². The monoisotopic (exact) mass is 588 g/mol. The minimum absolute atomic E-state index is 0.140. The van der Waals surface area contributed by atoms with E-state index >= 15 is 0 Å². The number of nitriles is 1. The third kappa shape index (κ3) is 7.73. The van der Waals surface area contributed by atoms with Crippen LogP contribution >= 0.6 is 23.2 Å². The SMILES string of the molecule is COc1cc(COc2c(Cl)cc(/C=C(\C#N)C(=O)Nc3ccccc3Cl)cc2OC)ccc1OCc1ccccc1. The van der Waals surface area contributed by atoms with Gasteiger partial charge in [0.25, 0.3) is 5.91 Å². The average Bonchev–Trinajstić information content (AvgIpc) is 2.99. The van der Waals surface area contributed by atoms with Crippen molar-refractivity contribution in [3.63, 3.8) is 0 Å².